The Hall–Kier alpha value is 0.797. The van der Waals surface area contributed by atoms with Crippen molar-refractivity contribution in [1.29, 1.82) is 0 Å². The highest BCUT2D eigenvalue weighted by Crippen LogP contribution is 2.27. The Balaban J connectivity index is 2.41. The van der Waals surface area contributed by atoms with E-state index in [-0.39, 0.29) is 5.38 Å². The zero-order valence-electron chi connectivity index (χ0n) is 5.61. The van der Waals surface area contributed by atoms with E-state index < -0.39 is 8.80 Å². The zero-order valence-corrected chi connectivity index (χ0v) is 8.28. The molecule has 1 fully saturated rings. The molecule has 3 atom stereocenters. The summed E-state index contributed by atoms with van der Waals surface area (Å²) in [6.45, 7) is 2.31. The molecule has 1 rings (SSSR count). The molecular weight excluding hydrogens is 171 g/mol. The van der Waals surface area contributed by atoms with Gasteiger partial charge < -0.3 is 0 Å². The van der Waals surface area contributed by atoms with Crippen molar-refractivity contribution in [2.75, 3.05) is 0 Å². The van der Waals surface area contributed by atoms with Crippen LogP contribution in [0.15, 0.2) is 0 Å². The molecule has 0 nitrogen and oxygen atoms in total. The maximum atomic E-state index is 6.05. The molecule has 0 aromatic carbocycles. The predicted octanol–water partition coefficient (Wildman–Crippen LogP) is 2.39. The van der Waals surface area contributed by atoms with Gasteiger partial charge >= 0.3 is 0 Å². The van der Waals surface area contributed by atoms with E-state index in [0.29, 0.717) is 5.00 Å². The van der Waals surface area contributed by atoms with Gasteiger partial charge in [-0.3, -0.25) is 0 Å². The summed E-state index contributed by atoms with van der Waals surface area (Å²) >= 11 is 12.0. The lowest BCUT2D eigenvalue weighted by Gasteiger charge is -2.26. The first-order valence-electron chi connectivity index (χ1n) is 3.50. The van der Waals surface area contributed by atoms with Gasteiger partial charge in [0.1, 0.15) is 0 Å². The van der Waals surface area contributed by atoms with Crippen molar-refractivity contribution < 1.29 is 0 Å². The highest BCUT2D eigenvalue weighted by molar-refractivity contribution is 6.70. The largest absolute Gasteiger partial charge is 0.125 e. The highest BCUT2D eigenvalue weighted by Gasteiger charge is 2.27. The van der Waals surface area contributed by atoms with Crippen LogP contribution in [0.3, 0.4) is 0 Å². The normalized spacial score (nSPS) is 45.0. The topological polar surface area (TPSA) is 0 Å². The molecule has 0 radical (unpaired) electrons. The summed E-state index contributed by atoms with van der Waals surface area (Å²) < 4.78 is 0. The van der Waals surface area contributed by atoms with E-state index in [1.54, 1.807) is 0 Å². The second-order valence-electron chi connectivity index (χ2n) is 2.87. The average Bonchev–Trinajstić information content (AvgIpc) is 1.83. The molecule has 9 heavy (non-hydrogen) atoms. The van der Waals surface area contributed by atoms with Crippen LogP contribution in [0.4, 0.5) is 0 Å². The highest BCUT2D eigenvalue weighted by atomic mass is 35.5. The van der Waals surface area contributed by atoms with E-state index >= 15 is 0 Å². The maximum Gasteiger partial charge on any atom is 0.0568 e. The third-order valence-corrected chi connectivity index (χ3v) is 7.36. The molecule has 1 saturated heterocycles. The number of rotatable bonds is 0. The fourth-order valence-corrected chi connectivity index (χ4v) is 4.82. The van der Waals surface area contributed by atoms with Crippen LogP contribution in [-0.4, -0.2) is 19.2 Å². The van der Waals surface area contributed by atoms with Crippen molar-refractivity contribution in [1.82, 2.24) is 0 Å². The van der Waals surface area contributed by atoms with Gasteiger partial charge in [-0.25, -0.2) is 0 Å². The van der Waals surface area contributed by atoms with E-state index in [2.05, 4.69) is 6.55 Å². The van der Waals surface area contributed by atoms with Crippen LogP contribution in [-0.2, 0) is 0 Å². The Morgan fingerprint density at radius 1 is 1.44 bits per heavy atom. The first kappa shape index (κ1) is 7.90. The molecule has 0 amide bonds. The van der Waals surface area contributed by atoms with E-state index in [9.17, 15) is 0 Å². The molecule has 0 aromatic rings. The second kappa shape index (κ2) is 3.27. The smallest absolute Gasteiger partial charge is 0.0568 e. The standard InChI is InChI=1S/C6H12Cl2Si/c1-9-4-2-3-5(7)6(9)8/h5-6,9H,2-4H2,1H3. The van der Waals surface area contributed by atoms with Crippen molar-refractivity contribution >= 4 is 32.0 Å². The molecule has 1 aliphatic heterocycles. The maximum absolute atomic E-state index is 6.05. The minimum Gasteiger partial charge on any atom is -0.125 e. The Labute approximate surface area is 68.1 Å². The Morgan fingerprint density at radius 2 is 2.11 bits per heavy atom. The summed E-state index contributed by atoms with van der Waals surface area (Å²) in [6.07, 6.45) is 2.44. The summed E-state index contributed by atoms with van der Waals surface area (Å²) in [6, 6.07) is 1.39. The van der Waals surface area contributed by atoms with Crippen LogP contribution < -0.4 is 0 Å². The van der Waals surface area contributed by atoms with Crippen LogP contribution in [0.2, 0.25) is 12.6 Å². The van der Waals surface area contributed by atoms with Crippen molar-refractivity contribution in [2.45, 2.75) is 35.8 Å². The van der Waals surface area contributed by atoms with Crippen LogP contribution >= 0.6 is 23.2 Å². The van der Waals surface area contributed by atoms with Crippen LogP contribution in [0, 0.1) is 0 Å². The Bertz CT molecular complexity index is 87.1. The van der Waals surface area contributed by atoms with Gasteiger partial charge in [0.2, 0.25) is 0 Å². The summed E-state index contributed by atoms with van der Waals surface area (Å²) in [5.41, 5.74) is 0. The van der Waals surface area contributed by atoms with Crippen LogP contribution in [0.1, 0.15) is 12.8 Å². The van der Waals surface area contributed by atoms with Gasteiger partial charge in [0.15, 0.2) is 0 Å². The van der Waals surface area contributed by atoms with E-state index in [1.807, 2.05) is 0 Å². The predicted molar refractivity (Wildman–Crippen MR) is 46.3 cm³/mol. The fourth-order valence-electron chi connectivity index (χ4n) is 1.31. The Kier molecular flexibility index (Phi) is 2.87. The van der Waals surface area contributed by atoms with Crippen molar-refractivity contribution in [3.05, 3.63) is 0 Å². The molecule has 0 aliphatic carbocycles. The molecule has 0 bridgehead atoms. The average molecular weight is 183 g/mol. The number of hydrogen-bond acceptors (Lipinski definition) is 0. The molecule has 0 spiro atoms. The summed E-state index contributed by atoms with van der Waals surface area (Å²) in [5, 5.41) is 0.627. The molecule has 0 N–H and O–H groups in total. The molecular formula is C6H12Cl2Si. The first-order valence-corrected chi connectivity index (χ1v) is 7.01. The molecule has 1 heterocycles. The van der Waals surface area contributed by atoms with Gasteiger partial charge in [-0.05, 0) is 6.42 Å². The van der Waals surface area contributed by atoms with E-state index in [1.165, 1.54) is 12.5 Å². The van der Waals surface area contributed by atoms with Gasteiger partial charge in [-0.15, -0.1) is 23.2 Å². The van der Waals surface area contributed by atoms with Gasteiger partial charge in [-0.1, -0.05) is 19.0 Å². The van der Waals surface area contributed by atoms with E-state index in [0.717, 1.165) is 6.42 Å². The number of alkyl halides is 2. The van der Waals surface area contributed by atoms with Crippen LogP contribution in [0.5, 0.6) is 0 Å². The van der Waals surface area contributed by atoms with Crippen molar-refractivity contribution in [3.63, 3.8) is 0 Å². The minimum absolute atomic E-state index is 0.280. The lowest BCUT2D eigenvalue weighted by atomic mass is 10.2. The van der Waals surface area contributed by atoms with Gasteiger partial charge in [0, 0.05) is 10.4 Å². The second-order valence-corrected chi connectivity index (χ2v) is 7.61. The van der Waals surface area contributed by atoms with E-state index in [4.69, 9.17) is 23.2 Å². The lowest BCUT2D eigenvalue weighted by Crippen LogP contribution is -2.35. The molecule has 3 unspecified atom stereocenters. The lowest BCUT2D eigenvalue weighted by molar-refractivity contribution is 0.716. The first-order chi connectivity index (χ1) is 4.22. The van der Waals surface area contributed by atoms with Crippen molar-refractivity contribution in [3.8, 4) is 0 Å². The SMILES string of the molecule is C[SiH]1CCCC(Cl)C1Cl. The number of halogens is 2. The van der Waals surface area contributed by atoms with Gasteiger partial charge in [-0.2, -0.15) is 0 Å². The molecule has 0 saturated carbocycles. The third-order valence-electron chi connectivity index (χ3n) is 2.03. The van der Waals surface area contributed by atoms with Crippen molar-refractivity contribution in [2.24, 2.45) is 0 Å². The van der Waals surface area contributed by atoms with Gasteiger partial charge in [0.05, 0.1) is 8.80 Å². The number of hydrogen-bond donors (Lipinski definition) is 0. The van der Waals surface area contributed by atoms with Gasteiger partial charge in [0.25, 0.3) is 0 Å². The third kappa shape index (κ3) is 1.86. The molecule has 54 valence electrons. The quantitative estimate of drug-likeness (QED) is 0.399. The molecule has 0 aromatic heterocycles. The zero-order chi connectivity index (χ0) is 6.85. The molecule has 3 heteroatoms. The summed E-state index contributed by atoms with van der Waals surface area (Å²) in [7, 11) is -0.613. The monoisotopic (exact) mass is 182 g/mol. The summed E-state index contributed by atoms with van der Waals surface area (Å²) in [4.78, 5) is 0. The molecule has 1 aliphatic rings. The fraction of sp³-hybridized carbons (Fsp3) is 1.00. The minimum atomic E-state index is -0.613. The summed E-state index contributed by atoms with van der Waals surface area (Å²) in [5.74, 6) is 0. The van der Waals surface area contributed by atoms with Crippen LogP contribution in [0.25, 0.3) is 0 Å². The Morgan fingerprint density at radius 3 is 2.56 bits per heavy atom.